The summed E-state index contributed by atoms with van der Waals surface area (Å²) < 4.78 is 5.56. The summed E-state index contributed by atoms with van der Waals surface area (Å²) in [5.41, 5.74) is 3.67. The molecule has 0 aliphatic heterocycles. The van der Waals surface area contributed by atoms with Gasteiger partial charge in [0.25, 0.3) is 0 Å². The first-order valence-corrected chi connectivity index (χ1v) is 6.85. The minimum atomic E-state index is 0.303. The first kappa shape index (κ1) is 14.0. The predicted molar refractivity (Wildman–Crippen MR) is 76.0 cm³/mol. The fourth-order valence-electron chi connectivity index (χ4n) is 2.42. The molecule has 0 aromatic carbocycles. The lowest BCUT2D eigenvalue weighted by atomic mass is 9.89. The van der Waals surface area contributed by atoms with E-state index in [1.807, 2.05) is 6.92 Å². The number of anilines is 2. The molecule has 1 fully saturated rings. The van der Waals surface area contributed by atoms with Crippen molar-refractivity contribution in [2.75, 3.05) is 17.3 Å². The number of rotatable bonds is 6. The number of nitrogens with zero attached hydrogens (tertiary/aromatic N) is 2. The standard InChI is InChI=1S/C13H23N5O/c1-4-19-10-5-9(6-10)17-12-11(8(2)3)13(18-14)16-7-15-12/h7-10H,4-6,14H2,1-3H3,(H2,15,16,17,18). The van der Waals surface area contributed by atoms with Gasteiger partial charge in [0.1, 0.15) is 18.0 Å². The van der Waals surface area contributed by atoms with E-state index in [0.29, 0.717) is 23.9 Å². The molecular formula is C13H23N5O. The van der Waals surface area contributed by atoms with Crippen molar-refractivity contribution >= 4 is 11.6 Å². The number of nitrogens with one attached hydrogen (secondary N) is 2. The van der Waals surface area contributed by atoms with E-state index < -0.39 is 0 Å². The Kier molecular flexibility index (Phi) is 4.55. The van der Waals surface area contributed by atoms with Crippen LogP contribution in [0.15, 0.2) is 6.33 Å². The Morgan fingerprint density at radius 1 is 1.37 bits per heavy atom. The molecule has 0 spiro atoms. The van der Waals surface area contributed by atoms with Crippen molar-refractivity contribution < 1.29 is 4.74 Å². The van der Waals surface area contributed by atoms with Crippen LogP contribution in [0.5, 0.6) is 0 Å². The second-order valence-corrected chi connectivity index (χ2v) is 5.17. The van der Waals surface area contributed by atoms with Crippen LogP contribution in [-0.4, -0.2) is 28.7 Å². The Hall–Kier alpha value is -1.40. The first-order chi connectivity index (χ1) is 9.15. The summed E-state index contributed by atoms with van der Waals surface area (Å²) in [7, 11) is 0. The zero-order valence-corrected chi connectivity index (χ0v) is 11.8. The normalized spacial score (nSPS) is 22.2. The molecule has 1 saturated carbocycles. The van der Waals surface area contributed by atoms with E-state index in [2.05, 4.69) is 34.6 Å². The molecular weight excluding hydrogens is 242 g/mol. The molecule has 106 valence electrons. The van der Waals surface area contributed by atoms with Crippen LogP contribution in [0, 0.1) is 0 Å². The summed E-state index contributed by atoms with van der Waals surface area (Å²) in [6.45, 7) is 7.02. The van der Waals surface area contributed by atoms with Gasteiger partial charge in [0.15, 0.2) is 0 Å². The highest BCUT2D eigenvalue weighted by Gasteiger charge is 2.30. The Morgan fingerprint density at radius 3 is 2.63 bits per heavy atom. The molecule has 0 radical (unpaired) electrons. The average Bonchev–Trinajstić information content (AvgIpc) is 2.35. The van der Waals surface area contributed by atoms with E-state index >= 15 is 0 Å². The highest BCUT2D eigenvalue weighted by atomic mass is 16.5. The molecule has 1 aromatic heterocycles. The van der Waals surface area contributed by atoms with E-state index in [1.165, 1.54) is 6.33 Å². The van der Waals surface area contributed by atoms with Crippen molar-refractivity contribution in [3.8, 4) is 0 Å². The summed E-state index contributed by atoms with van der Waals surface area (Å²) in [5.74, 6) is 7.37. The van der Waals surface area contributed by atoms with Gasteiger partial charge in [-0.05, 0) is 25.7 Å². The first-order valence-electron chi connectivity index (χ1n) is 6.85. The van der Waals surface area contributed by atoms with Crippen molar-refractivity contribution in [2.45, 2.75) is 51.7 Å². The van der Waals surface area contributed by atoms with E-state index in [-0.39, 0.29) is 0 Å². The van der Waals surface area contributed by atoms with Crippen molar-refractivity contribution in [1.82, 2.24) is 9.97 Å². The second-order valence-electron chi connectivity index (χ2n) is 5.17. The molecule has 1 heterocycles. The zero-order valence-electron chi connectivity index (χ0n) is 11.8. The summed E-state index contributed by atoms with van der Waals surface area (Å²) in [4.78, 5) is 8.51. The number of hydrazine groups is 1. The highest BCUT2D eigenvalue weighted by molar-refractivity contribution is 5.59. The minimum Gasteiger partial charge on any atom is -0.378 e. The highest BCUT2D eigenvalue weighted by Crippen LogP contribution is 2.32. The summed E-state index contributed by atoms with van der Waals surface area (Å²) in [6.07, 6.45) is 3.97. The number of hydrogen-bond acceptors (Lipinski definition) is 6. The maximum atomic E-state index is 5.56. The van der Waals surface area contributed by atoms with Crippen LogP contribution in [0.3, 0.4) is 0 Å². The largest absolute Gasteiger partial charge is 0.378 e. The van der Waals surface area contributed by atoms with Crippen LogP contribution in [0.4, 0.5) is 11.6 Å². The number of nitrogens with two attached hydrogens (primary N) is 1. The van der Waals surface area contributed by atoms with Crippen molar-refractivity contribution in [3.63, 3.8) is 0 Å². The van der Waals surface area contributed by atoms with E-state index in [9.17, 15) is 0 Å². The Labute approximate surface area is 114 Å². The molecule has 0 atom stereocenters. The molecule has 0 amide bonds. The Morgan fingerprint density at radius 2 is 2.05 bits per heavy atom. The molecule has 2 rings (SSSR count). The molecule has 1 aliphatic rings. The molecule has 0 unspecified atom stereocenters. The van der Waals surface area contributed by atoms with Gasteiger partial charge >= 0.3 is 0 Å². The average molecular weight is 265 g/mol. The number of aromatic nitrogens is 2. The molecule has 6 nitrogen and oxygen atoms in total. The van der Waals surface area contributed by atoms with Gasteiger partial charge in [-0.15, -0.1) is 0 Å². The van der Waals surface area contributed by atoms with Crippen LogP contribution in [0.2, 0.25) is 0 Å². The number of nitrogen functional groups attached to an aromatic ring is 1. The fourth-order valence-corrected chi connectivity index (χ4v) is 2.42. The summed E-state index contributed by atoms with van der Waals surface area (Å²) in [5, 5.41) is 3.46. The molecule has 19 heavy (non-hydrogen) atoms. The number of hydrogen-bond donors (Lipinski definition) is 3. The molecule has 4 N–H and O–H groups in total. The maximum Gasteiger partial charge on any atom is 0.148 e. The lowest BCUT2D eigenvalue weighted by molar-refractivity contribution is 0.00291. The third-order valence-corrected chi connectivity index (χ3v) is 3.44. The van der Waals surface area contributed by atoms with Gasteiger partial charge in [0.2, 0.25) is 0 Å². The SMILES string of the molecule is CCOC1CC(Nc2ncnc(NN)c2C(C)C)C1. The second kappa shape index (κ2) is 6.16. The van der Waals surface area contributed by atoms with Crippen molar-refractivity contribution in [1.29, 1.82) is 0 Å². The van der Waals surface area contributed by atoms with Crippen molar-refractivity contribution in [2.24, 2.45) is 5.84 Å². The summed E-state index contributed by atoms with van der Waals surface area (Å²) in [6, 6.07) is 0.426. The number of ether oxygens (including phenoxy) is 1. The van der Waals surface area contributed by atoms with Gasteiger partial charge < -0.3 is 15.5 Å². The van der Waals surface area contributed by atoms with Gasteiger partial charge in [-0.25, -0.2) is 15.8 Å². The Balaban J connectivity index is 2.05. The van der Waals surface area contributed by atoms with Crippen LogP contribution in [0.25, 0.3) is 0 Å². The maximum absolute atomic E-state index is 5.56. The molecule has 1 aromatic rings. The van der Waals surface area contributed by atoms with Crippen LogP contribution in [0.1, 0.15) is 45.1 Å². The van der Waals surface area contributed by atoms with Crippen LogP contribution >= 0.6 is 0 Å². The summed E-state index contributed by atoms with van der Waals surface area (Å²) >= 11 is 0. The van der Waals surface area contributed by atoms with Crippen LogP contribution < -0.4 is 16.6 Å². The topological polar surface area (TPSA) is 85.1 Å². The Bertz CT molecular complexity index is 417. The van der Waals surface area contributed by atoms with E-state index in [0.717, 1.165) is 30.8 Å². The van der Waals surface area contributed by atoms with E-state index in [1.54, 1.807) is 0 Å². The van der Waals surface area contributed by atoms with Gasteiger partial charge in [-0.2, -0.15) is 0 Å². The third-order valence-electron chi connectivity index (χ3n) is 3.44. The zero-order chi connectivity index (χ0) is 13.8. The molecule has 1 aliphatic carbocycles. The lowest BCUT2D eigenvalue weighted by Gasteiger charge is -2.36. The quantitative estimate of drug-likeness (QED) is 0.538. The molecule has 0 bridgehead atoms. The van der Waals surface area contributed by atoms with Gasteiger partial charge in [0, 0.05) is 18.2 Å². The van der Waals surface area contributed by atoms with Gasteiger partial charge in [-0.1, -0.05) is 13.8 Å². The lowest BCUT2D eigenvalue weighted by Crippen LogP contribution is -2.41. The van der Waals surface area contributed by atoms with Crippen molar-refractivity contribution in [3.05, 3.63) is 11.9 Å². The third kappa shape index (κ3) is 3.13. The van der Waals surface area contributed by atoms with Crippen LogP contribution in [-0.2, 0) is 4.74 Å². The van der Waals surface area contributed by atoms with E-state index in [4.69, 9.17) is 10.6 Å². The fraction of sp³-hybridized carbons (Fsp3) is 0.692. The van der Waals surface area contributed by atoms with Gasteiger partial charge in [0.05, 0.1) is 6.10 Å². The smallest absolute Gasteiger partial charge is 0.148 e. The molecule has 6 heteroatoms. The predicted octanol–water partition coefficient (Wildman–Crippen LogP) is 1.86. The van der Waals surface area contributed by atoms with Gasteiger partial charge in [-0.3, -0.25) is 0 Å². The molecule has 0 saturated heterocycles. The monoisotopic (exact) mass is 265 g/mol. The minimum absolute atomic E-state index is 0.303.